The number of nitriles is 1. The molecule has 17 heavy (non-hydrogen) atoms. The van der Waals surface area contributed by atoms with Crippen molar-refractivity contribution >= 4 is 11.8 Å². The predicted octanol–water partition coefficient (Wildman–Crippen LogP) is 3.86. The molecule has 0 saturated carbocycles. The van der Waals surface area contributed by atoms with Gasteiger partial charge in [-0.05, 0) is 42.9 Å². The average molecular weight is 249 g/mol. The number of nitrogens with zero attached hydrogens (tertiary/aromatic N) is 1. The van der Waals surface area contributed by atoms with Gasteiger partial charge in [-0.25, -0.2) is 0 Å². The Balaban J connectivity index is 2.16. The maximum absolute atomic E-state index is 8.66. The van der Waals surface area contributed by atoms with Crippen LogP contribution in [0.2, 0.25) is 0 Å². The van der Waals surface area contributed by atoms with Crippen molar-refractivity contribution in [1.82, 2.24) is 0 Å². The van der Waals surface area contributed by atoms with Crippen molar-refractivity contribution in [1.29, 1.82) is 5.26 Å². The van der Waals surface area contributed by atoms with Crippen LogP contribution in [0.1, 0.15) is 32.3 Å². The molecular formula is C14H19NOS. The summed E-state index contributed by atoms with van der Waals surface area (Å²) >= 11 is 1.99. The first-order valence-electron chi connectivity index (χ1n) is 6.00. The molecule has 2 nitrogen and oxygen atoms in total. The second-order valence-corrected chi connectivity index (χ2v) is 5.47. The maximum atomic E-state index is 8.66. The lowest BCUT2D eigenvalue weighted by atomic mass is 10.2. The first kappa shape index (κ1) is 13.9. The topological polar surface area (TPSA) is 33.0 Å². The highest BCUT2D eigenvalue weighted by atomic mass is 32.2. The van der Waals surface area contributed by atoms with Gasteiger partial charge in [-0.1, -0.05) is 13.8 Å². The van der Waals surface area contributed by atoms with E-state index in [-0.39, 0.29) is 0 Å². The van der Waals surface area contributed by atoms with Crippen LogP contribution in [-0.2, 0) is 0 Å². The van der Waals surface area contributed by atoms with Crippen LogP contribution >= 0.6 is 11.8 Å². The normalized spacial score (nSPS) is 11.8. The highest BCUT2D eigenvalue weighted by Gasteiger charge is 1.99. The van der Waals surface area contributed by atoms with Gasteiger partial charge >= 0.3 is 0 Å². The Morgan fingerprint density at radius 2 is 2.06 bits per heavy atom. The van der Waals surface area contributed by atoms with Gasteiger partial charge in [0.2, 0.25) is 0 Å². The second-order valence-electron chi connectivity index (χ2n) is 3.93. The van der Waals surface area contributed by atoms with E-state index in [2.05, 4.69) is 19.9 Å². The quantitative estimate of drug-likeness (QED) is 0.688. The molecule has 0 aromatic heterocycles. The van der Waals surface area contributed by atoms with Crippen LogP contribution in [0.4, 0.5) is 0 Å². The van der Waals surface area contributed by atoms with Crippen molar-refractivity contribution in [3.05, 3.63) is 29.8 Å². The summed E-state index contributed by atoms with van der Waals surface area (Å²) in [5, 5.41) is 9.40. The maximum Gasteiger partial charge on any atom is 0.119 e. The molecule has 1 atom stereocenters. The molecule has 1 aromatic carbocycles. The first-order chi connectivity index (χ1) is 8.26. The van der Waals surface area contributed by atoms with Crippen molar-refractivity contribution < 1.29 is 4.74 Å². The van der Waals surface area contributed by atoms with Crippen molar-refractivity contribution in [3.8, 4) is 11.8 Å². The zero-order valence-electron chi connectivity index (χ0n) is 10.5. The number of hydrogen-bond acceptors (Lipinski definition) is 3. The summed E-state index contributed by atoms with van der Waals surface area (Å²) in [7, 11) is 0. The third kappa shape index (κ3) is 5.65. The third-order valence-electron chi connectivity index (χ3n) is 2.52. The molecule has 3 heteroatoms. The van der Waals surface area contributed by atoms with E-state index in [0.29, 0.717) is 5.56 Å². The molecule has 0 heterocycles. The molecule has 0 aliphatic rings. The fraction of sp³-hybridized carbons (Fsp3) is 0.500. The first-order valence-corrected chi connectivity index (χ1v) is 7.05. The minimum Gasteiger partial charge on any atom is -0.494 e. The standard InChI is InChI=1S/C14H19NOS/c1-3-12(2)17-10-4-9-16-14-7-5-13(11-15)6-8-14/h5-8,12H,3-4,9-10H2,1-2H3. The fourth-order valence-electron chi connectivity index (χ4n) is 1.28. The zero-order chi connectivity index (χ0) is 12.5. The van der Waals surface area contributed by atoms with E-state index in [1.54, 1.807) is 12.1 Å². The van der Waals surface area contributed by atoms with Gasteiger partial charge in [-0.15, -0.1) is 0 Å². The van der Waals surface area contributed by atoms with Crippen LogP contribution in [-0.4, -0.2) is 17.6 Å². The van der Waals surface area contributed by atoms with Gasteiger partial charge in [0.15, 0.2) is 0 Å². The smallest absolute Gasteiger partial charge is 0.119 e. The van der Waals surface area contributed by atoms with E-state index in [0.717, 1.165) is 29.8 Å². The number of ether oxygens (including phenoxy) is 1. The fourth-order valence-corrected chi connectivity index (χ4v) is 2.20. The lowest BCUT2D eigenvalue weighted by molar-refractivity contribution is 0.318. The molecule has 0 aliphatic heterocycles. The van der Waals surface area contributed by atoms with Gasteiger partial charge < -0.3 is 4.74 Å². The molecule has 0 bridgehead atoms. The lowest BCUT2D eigenvalue weighted by Crippen LogP contribution is -2.01. The molecule has 0 radical (unpaired) electrons. The van der Waals surface area contributed by atoms with Crippen LogP contribution < -0.4 is 4.74 Å². The average Bonchev–Trinajstić information content (AvgIpc) is 2.38. The molecule has 0 N–H and O–H groups in total. The summed E-state index contributed by atoms with van der Waals surface area (Å²) in [6.45, 7) is 5.21. The Hall–Kier alpha value is -1.14. The molecule has 1 aromatic rings. The summed E-state index contributed by atoms with van der Waals surface area (Å²) in [5.74, 6) is 1.99. The van der Waals surface area contributed by atoms with Gasteiger partial charge in [-0.2, -0.15) is 17.0 Å². The minimum atomic E-state index is 0.671. The van der Waals surface area contributed by atoms with Crippen LogP contribution in [0.15, 0.2) is 24.3 Å². The van der Waals surface area contributed by atoms with Gasteiger partial charge in [0.1, 0.15) is 5.75 Å². The number of thioether (sulfide) groups is 1. The molecule has 1 rings (SSSR count). The molecule has 0 amide bonds. The van der Waals surface area contributed by atoms with Gasteiger partial charge in [0, 0.05) is 5.25 Å². The van der Waals surface area contributed by atoms with E-state index in [1.165, 1.54) is 6.42 Å². The van der Waals surface area contributed by atoms with E-state index in [9.17, 15) is 0 Å². The van der Waals surface area contributed by atoms with Crippen molar-refractivity contribution in [2.45, 2.75) is 31.9 Å². The molecule has 1 unspecified atom stereocenters. The Bertz CT molecular complexity index is 355. The van der Waals surface area contributed by atoms with Crippen molar-refractivity contribution in [2.75, 3.05) is 12.4 Å². The van der Waals surface area contributed by atoms with Crippen LogP contribution in [0, 0.1) is 11.3 Å². The highest BCUT2D eigenvalue weighted by Crippen LogP contribution is 2.15. The summed E-state index contributed by atoms with van der Waals surface area (Å²) in [6.07, 6.45) is 2.29. The second kappa shape index (κ2) is 8.03. The largest absolute Gasteiger partial charge is 0.494 e. The SMILES string of the molecule is CCC(C)SCCCOc1ccc(C#N)cc1. The predicted molar refractivity (Wildman–Crippen MR) is 73.5 cm³/mol. The van der Waals surface area contributed by atoms with Gasteiger partial charge in [0.05, 0.1) is 18.2 Å². The minimum absolute atomic E-state index is 0.671. The van der Waals surface area contributed by atoms with Crippen LogP contribution in [0.3, 0.4) is 0 Å². The molecule has 0 fully saturated rings. The van der Waals surface area contributed by atoms with Gasteiger partial charge in [0.25, 0.3) is 0 Å². The monoisotopic (exact) mass is 249 g/mol. The van der Waals surface area contributed by atoms with E-state index >= 15 is 0 Å². The molecule has 0 spiro atoms. The number of rotatable bonds is 7. The van der Waals surface area contributed by atoms with Gasteiger partial charge in [-0.3, -0.25) is 0 Å². The summed E-state index contributed by atoms with van der Waals surface area (Å²) < 4.78 is 5.60. The number of benzene rings is 1. The Morgan fingerprint density at radius 1 is 1.35 bits per heavy atom. The van der Waals surface area contributed by atoms with Crippen LogP contribution in [0.25, 0.3) is 0 Å². The van der Waals surface area contributed by atoms with E-state index < -0.39 is 0 Å². The van der Waals surface area contributed by atoms with Crippen LogP contribution in [0.5, 0.6) is 5.75 Å². The Labute approximate surface area is 108 Å². The van der Waals surface area contributed by atoms with Crippen molar-refractivity contribution in [2.24, 2.45) is 0 Å². The lowest BCUT2D eigenvalue weighted by Gasteiger charge is -2.09. The molecular weight excluding hydrogens is 230 g/mol. The number of hydrogen-bond donors (Lipinski definition) is 0. The zero-order valence-corrected chi connectivity index (χ0v) is 11.3. The molecule has 0 aliphatic carbocycles. The molecule has 0 saturated heterocycles. The summed E-state index contributed by atoms with van der Waals surface area (Å²) in [5.41, 5.74) is 0.671. The highest BCUT2D eigenvalue weighted by molar-refractivity contribution is 7.99. The Morgan fingerprint density at radius 3 is 2.65 bits per heavy atom. The summed E-state index contributed by atoms with van der Waals surface area (Å²) in [4.78, 5) is 0. The molecule has 92 valence electrons. The van der Waals surface area contributed by atoms with E-state index in [4.69, 9.17) is 10.00 Å². The third-order valence-corrected chi connectivity index (χ3v) is 3.94. The van der Waals surface area contributed by atoms with Crippen molar-refractivity contribution in [3.63, 3.8) is 0 Å². The Kier molecular flexibility index (Phi) is 6.57. The summed E-state index contributed by atoms with van der Waals surface area (Å²) in [6, 6.07) is 9.35. The van der Waals surface area contributed by atoms with E-state index in [1.807, 2.05) is 23.9 Å².